The summed E-state index contributed by atoms with van der Waals surface area (Å²) in [5.74, 6) is -0.931. The van der Waals surface area contributed by atoms with Crippen LogP contribution in [0.25, 0.3) is 0 Å². The Balaban J connectivity index is 1.86. The number of esters is 2. The molecule has 0 amide bonds. The van der Waals surface area contributed by atoms with Crippen LogP contribution < -0.4 is 0 Å². The summed E-state index contributed by atoms with van der Waals surface area (Å²) in [5, 5.41) is 71.5. The van der Waals surface area contributed by atoms with Crippen LogP contribution in [-0.4, -0.2) is 142 Å². The first-order chi connectivity index (χ1) is 26.0. The van der Waals surface area contributed by atoms with Crippen molar-refractivity contribution in [3.8, 4) is 0 Å². The molecule has 2 heterocycles. The standard InChI is InChI=1S/C39H72O15/c1-3-5-7-9-11-12-13-14-15-16-18-19-21-30(41)49-24-27(52-31(42)22-20-17-10-8-6-4-2)25-50-38-37(48)35(46)33(44)29(54-38)26-51-39-36(47)34(45)32(43)28(23-40)53-39/h27-29,32-40,43-48H,3-26H2,1-2H3/t27-,28-,29-,32+,33+,34+,35+,36-,37-,38-,39+/m1/s1. The number of carbonyl (C=O) groups excluding carboxylic acids is 2. The van der Waals surface area contributed by atoms with E-state index in [0.717, 1.165) is 51.4 Å². The summed E-state index contributed by atoms with van der Waals surface area (Å²) in [5.41, 5.74) is 0. The fourth-order valence-corrected chi connectivity index (χ4v) is 6.57. The highest BCUT2D eigenvalue weighted by Gasteiger charge is 2.47. The molecule has 54 heavy (non-hydrogen) atoms. The van der Waals surface area contributed by atoms with Crippen LogP contribution in [-0.2, 0) is 38.0 Å². The number of hydrogen-bond acceptors (Lipinski definition) is 15. The van der Waals surface area contributed by atoms with Crippen LogP contribution in [0.4, 0.5) is 0 Å². The van der Waals surface area contributed by atoms with Gasteiger partial charge in [-0.05, 0) is 12.8 Å². The summed E-state index contributed by atoms with van der Waals surface area (Å²) in [7, 11) is 0. The van der Waals surface area contributed by atoms with Crippen LogP contribution in [0.3, 0.4) is 0 Å². The van der Waals surface area contributed by atoms with Crippen molar-refractivity contribution in [2.75, 3.05) is 26.4 Å². The maximum absolute atomic E-state index is 12.7. The Hall–Kier alpha value is -1.50. The number of unbranched alkanes of at least 4 members (excludes halogenated alkanes) is 16. The highest BCUT2D eigenvalue weighted by Crippen LogP contribution is 2.26. The topological polar surface area (TPSA) is 231 Å². The Labute approximate surface area is 321 Å². The largest absolute Gasteiger partial charge is 0.462 e. The maximum atomic E-state index is 12.7. The van der Waals surface area contributed by atoms with Gasteiger partial charge in [0.2, 0.25) is 0 Å². The lowest BCUT2D eigenvalue weighted by Gasteiger charge is -2.42. The molecule has 2 aliphatic heterocycles. The lowest BCUT2D eigenvalue weighted by atomic mass is 9.98. The minimum Gasteiger partial charge on any atom is -0.462 e. The van der Waals surface area contributed by atoms with Crippen molar-refractivity contribution in [1.29, 1.82) is 0 Å². The first kappa shape index (κ1) is 48.6. The average Bonchev–Trinajstić information content (AvgIpc) is 3.16. The summed E-state index contributed by atoms with van der Waals surface area (Å²) in [6, 6.07) is 0. The Morgan fingerprint density at radius 3 is 1.44 bits per heavy atom. The Kier molecular flexibility index (Phi) is 26.0. The van der Waals surface area contributed by atoms with Crippen molar-refractivity contribution in [2.24, 2.45) is 0 Å². The molecule has 0 radical (unpaired) electrons. The monoisotopic (exact) mass is 780 g/mol. The maximum Gasteiger partial charge on any atom is 0.306 e. The third-order valence-electron chi connectivity index (χ3n) is 10.1. The highest BCUT2D eigenvalue weighted by atomic mass is 16.7. The average molecular weight is 781 g/mol. The molecule has 2 saturated heterocycles. The third kappa shape index (κ3) is 18.6. The molecule has 0 aromatic rings. The smallest absolute Gasteiger partial charge is 0.306 e. The Bertz CT molecular complexity index is 970. The number of carbonyl (C=O) groups is 2. The number of rotatable bonds is 30. The molecule has 2 fully saturated rings. The minimum atomic E-state index is -1.76. The Morgan fingerprint density at radius 2 is 0.944 bits per heavy atom. The molecule has 15 heteroatoms. The zero-order valence-electron chi connectivity index (χ0n) is 32.7. The normalized spacial score (nSPS) is 29.2. The molecular weight excluding hydrogens is 708 g/mol. The molecule has 0 bridgehead atoms. The van der Waals surface area contributed by atoms with Gasteiger partial charge in [-0.2, -0.15) is 0 Å². The van der Waals surface area contributed by atoms with Crippen LogP contribution in [0.5, 0.6) is 0 Å². The fourth-order valence-electron chi connectivity index (χ4n) is 6.57. The van der Waals surface area contributed by atoms with Crippen LogP contribution >= 0.6 is 0 Å². The summed E-state index contributed by atoms with van der Waals surface area (Å²) < 4.78 is 33.2. The zero-order valence-corrected chi connectivity index (χ0v) is 32.7. The van der Waals surface area contributed by atoms with Gasteiger partial charge in [-0.1, -0.05) is 117 Å². The second-order valence-corrected chi connectivity index (χ2v) is 14.8. The molecule has 0 spiro atoms. The summed E-state index contributed by atoms with van der Waals surface area (Å²) in [6.07, 6.45) is 3.46. The van der Waals surface area contributed by atoms with Gasteiger partial charge in [-0.3, -0.25) is 9.59 Å². The van der Waals surface area contributed by atoms with Crippen molar-refractivity contribution in [3.05, 3.63) is 0 Å². The molecule has 0 saturated carbocycles. The number of aliphatic hydroxyl groups is 7. The number of ether oxygens (including phenoxy) is 6. The fraction of sp³-hybridized carbons (Fsp3) is 0.949. The quantitative estimate of drug-likeness (QED) is 0.0411. The van der Waals surface area contributed by atoms with E-state index in [1.165, 1.54) is 51.4 Å². The van der Waals surface area contributed by atoms with Crippen LogP contribution in [0, 0.1) is 0 Å². The van der Waals surface area contributed by atoms with Gasteiger partial charge in [0.15, 0.2) is 18.7 Å². The van der Waals surface area contributed by atoms with E-state index in [9.17, 15) is 45.3 Å². The van der Waals surface area contributed by atoms with Gasteiger partial charge < -0.3 is 64.2 Å². The molecule has 318 valence electrons. The molecule has 0 aromatic carbocycles. The molecule has 0 aromatic heterocycles. The van der Waals surface area contributed by atoms with E-state index in [1.807, 2.05) is 0 Å². The van der Waals surface area contributed by atoms with Crippen molar-refractivity contribution in [1.82, 2.24) is 0 Å². The van der Waals surface area contributed by atoms with Gasteiger partial charge in [0.25, 0.3) is 0 Å². The van der Waals surface area contributed by atoms with Crippen molar-refractivity contribution in [2.45, 2.75) is 210 Å². The molecule has 11 atom stereocenters. The first-order valence-corrected chi connectivity index (χ1v) is 20.6. The van der Waals surface area contributed by atoms with Crippen molar-refractivity contribution in [3.63, 3.8) is 0 Å². The van der Waals surface area contributed by atoms with Gasteiger partial charge in [0, 0.05) is 12.8 Å². The molecule has 15 nitrogen and oxygen atoms in total. The molecule has 0 unspecified atom stereocenters. The van der Waals surface area contributed by atoms with Crippen LogP contribution in [0.15, 0.2) is 0 Å². The van der Waals surface area contributed by atoms with Gasteiger partial charge in [-0.15, -0.1) is 0 Å². The summed E-state index contributed by atoms with van der Waals surface area (Å²) in [6.45, 7) is 2.48. The second-order valence-electron chi connectivity index (χ2n) is 14.8. The number of aliphatic hydroxyl groups excluding tert-OH is 7. The van der Waals surface area contributed by atoms with Gasteiger partial charge >= 0.3 is 11.9 Å². The first-order valence-electron chi connectivity index (χ1n) is 20.6. The number of hydrogen-bond donors (Lipinski definition) is 7. The van der Waals surface area contributed by atoms with E-state index in [2.05, 4.69) is 13.8 Å². The zero-order chi connectivity index (χ0) is 39.7. The lowest BCUT2D eigenvalue weighted by molar-refractivity contribution is -0.332. The highest BCUT2D eigenvalue weighted by molar-refractivity contribution is 5.70. The second kappa shape index (κ2) is 28.8. The van der Waals surface area contributed by atoms with Crippen LogP contribution in [0.2, 0.25) is 0 Å². The summed E-state index contributed by atoms with van der Waals surface area (Å²) in [4.78, 5) is 25.3. The molecule has 0 aliphatic carbocycles. The van der Waals surface area contributed by atoms with Crippen molar-refractivity contribution >= 4 is 11.9 Å². The molecule has 2 rings (SSSR count). The van der Waals surface area contributed by atoms with E-state index in [4.69, 9.17) is 28.4 Å². The molecule has 2 aliphatic rings. The van der Waals surface area contributed by atoms with Gasteiger partial charge in [-0.25, -0.2) is 0 Å². The molecule has 7 N–H and O–H groups in total. The predicted octanol–water partition coefficient (Wildman–Crippen LogP) is 2.92. The van der Waals surface area contributed by atoms with E-state index in [0.29, 0.717) is 12.8 Å². The minimum absolute atomic E-state index is 0.167. The molecular formula is C39H72O15. The van der Waals surface area contributed by atoms with Crippen molar-refractivity contribution < 1.29 is 73.8 Å². The van der Waals surface area contributed by atoms with Crippen LogP contribution in [0.1, 0.15) is 142 Å². The van der Waals surface area contributed by atoms with E-state index >= 15 is 0 Å². The lowest BCUT2D eigenvalue weighted by Crippen LogP contribution is -2.61. The van der Waals surface area contributed by atoms with E-state index < -0.39 is 92.7 Å². The van der Waals surface area contributed by atoms with Gasteiger partial charge in [0.05, 0.1) is 19.8 Å². The van der Waals surface area contributed by atoms with E-state index in [-0.39, 0.29) is 26.1 Å². The third-order valence-corrected chi connectivity index (χ3v) is 10.1. The predicted molar refractivity (Wildman–Crippen MR) is 197 cm³/mol. The Morgan fingerprint density at radius 1 is 0.519 bits per heavy atom. The SMILES string of the molecule is CCCCCCCCCCCCCCC(=O)OC[C@H](CO[C@@H]1O[C@H](CO[C@H]2O[C@H](CO)[C@H](O)[C@H](O)[C@H]2O)[C@H](O)[C@H](O)[C@H]1O)OC(=O)CCCCCCCC. The van der Waals surface area contributed by atoms with E-state index in [1.54, 1.807) is 0 Å². The summed E-state index contributed by atoms with van der Waals surface area (Å²) >= 11 is 0. The van der Waals surface area contributed by atoms with Gasteiger partial charge in [0.1, 0.15) is 55.4 Å².